The largest absolute Gasteiger partial charge is 0.324 e. The molecule has 11 heavy (non-hydrogen) atoms. The maximum absolute atomic E-state index is 5.86. The van der Waals surface area contributed by atoms with E-state index in [-0.39, 0.29) is 6.04 Å². The van der Waals surface area contributed by atoms with Gasteiger partial charge in [0.05, 0.1) is 5.02 Å². The van der Waals surface area contributed by atoms with E-state index in [4.69, 9.17) is 17.3 Å². The molecule has 0 saturated heterocycles. The summed E-state index contributed by atoms with van der Waals surface area (Å²) in [6, 6.07) is 5.78. The first-order valence-electron chi connectivity index (χ1n) is 3.32. The first kappa shape index (κ1) is 9.04. The summed E-state index contributed by atoms with van der Waals surface area (Å²) < 4.78 is 0.906. The summed E-state index contributed by atoms with van der Waals surface area (Å²) in [5.74, 6) is 0. The highest BCUT2D eigenvalue weighted by Gasteiger charge is 2.01. The molecule has 60 valence electrons. The second-order valence-electron chi connectivity index (χ2n) is 2.46. The van der Waals surface area contributed by atoms with E-state index >= 15 is 0 Å². The van der Waals surface area contributed by atoms with E-state index in [1.54, 1.807) is 0 Å². The number of hydrogen-bond acceptors (Lipinski definition) is 1. The molecule has 1 aromatic rings. The van der Waals surface area contributed by atoms with Gasteiger partial charge in [-0.05, 0) is 40.5 Å². The molecule has 2 N–H and O–H groups in total. The van der Waals surface area contributed by atoms with Gasteiger partial charge in [0.25, 0.3) is 0 Å². The molecule has 1 atom stereocenters. The summed E-state index contributed by atoms with van der Waals surface area (Å²) in [7, 11) is 0. The van der Waals surface area contributed by atoms with Crippen molar-refractivity contribution in [3.8, 4) is 0 Å². The topological polar surface area (TPSA) is 26.0 Å². The van der Waals surface area contributed by atoms with E-state index in [2.05, 4.69) is 15.9 Å². The normalized spacial score (nSPS) is 13.1. The van der Waals surface area contributed by atoms with Crippen LogP contribution >= 0.6 is 27.5 Å². The Balaban J connectivity index is 3.05. The van der Waals surface area contributed by atoms with E-state index in [0.717, 1.165) is 10.0 Å². The van der Waals surface area contributed by atoms with Gasteiger partial charge < -0.3 is 5.73 Å². The van der Waals surface area contributed by atoms with E-state index in [1.165, 1.54) is 0 Å². The highest BCUT2D eigenvalue weighted by atomic mass is 79.9. The van der Waals surface area contributed by atoms with Gasteiger partial charge in [-0.1, -0.05) is 17.7 Å². The van der Waals surface area contributed by atoms with Crippen LogP contribution in [-0.4, -0.2) is 0 Å². The molecule has 0 saturated carbocycles. The number of benzene rings is 1. The Hall–Kier alpha value is -0.0500. The van der Waals surface area contributed by atoms with Crippen LogP contribution in [0.15, 0.2) is 22.7 Å². The lowest BCUT2D eigenvalue weighted by molar-refractivity contribution is 0.818. The minimum atomic E-state index is 0.0422. The van der Waals surface area contributed by atoms with Gasteiger partial charge in [0.1, 0.15) is 0 Å². The van der Waals surface area contributed by atoms with Crippen LogP contribution in [-0.2, 0) is 0 Å². The summed E-state index contributed by atoms with van der Waals surface area (Å²) in [6.07, 6.45) is 0. The van der Waals surface area contributed by atoms with Crippen molar-refractivity contribution in [2.45, 2.75) is 13.0 Å². The van der Waals surface area contributed by atoms with Gasteiger partial charge >= 0.3 is 0 Å². The quantitative estimate of drug-likeness (QED) is 0.794. The Labute approximate surface area is 79.7 Å². The second kappa shape index (κ2) is 3.57. The molecule has 0 aliphatic rings. The van der Waals surface area contributed by atoms with E-state index in [1.807, 2.05) is 25.1 Å². The molecule has 0 aliphatic carbocycles. The van der Waals surface area contributed by atoms with Crippen molar-refractivity contribution in [2.24, 2.45) is 5.73 Å². The average molecular weight is 235 g/mol. The molecule has 1 nitrogen and oxygen atoms in total. The van der Waals surface area contributed by atoms with Crippen LogP contribution in [0.4, 0.5) is 0 Å². The van der Waals surface area contributed by atoms with Crippen molar-refractivity contribution in [1.82, 2.24) is 0 Å². The molecule has 1 aromatic carbocycles. The molecule has 0 amide bonds. The lowest BCUT2D eigenvalue weighted by atomic mass is 10.1. The Bertz CT molecular complexity index is 260. The molecular formula is C8H9BrClN. The molecule has 0 radical (unpaired) electrons. The van der Waals surface area contributed by atoms with Gasteiger partial charge in [-0.15, -0.1) is 0 Å². The molecule has 0 spiro atoms. The molecule has 0 fully saturated rings. The molecule has 1 rings (SSSR count). The minimum absolute atomic E-state index is 0.0422. The number of rotatable bonds is 1. The van der Waals surface area contributed by atoms with Crippen molar-refractivity contribution in [3.05, 3.63) is 33.3 Å². The zero-order valence-corrected chi connectivity index (χ0v) is 8.48. The molecule has 0 unspecified atom stereocenters. The predicted molar refractivity (Wildman–Crippen MR) is 51.8 cm³/mol. The lowest BCUT2D eigenvalue weighted by Gasteiger charge is -2.05. The van der Waals surface area contributed by atoms with Crippen LogP contribution in [0.5, 0.6) is 0 Å². The van der Waals surface area contributed by atoms with Gasteiger partial charge in [0, 0.05) is 10.5 Å². The molecule has 0 heterocycles. The van der Waals surface area contributed by atoms with Gasteiger partial charge in [-0.2, -0.15) is 0 Å². The molecule has 0 aromatic heterocycles. The maximum Gasteiger partial charge on any atom is 0.0551 e. The molecule has 0 bridgehead atoms. The lowest BCUT2D eigenvalue weighted by Crippen LogP contribution is -2.04. The minimum Gasteiger partial charge on any atom is -0.324 e. The van der Waals surface area contributed by atoms with Gasteiger partial charge in [-0.3, -0.25) is 0 Å². The maximum atomic E-state index is 5.86. The number of halogens is 2. The van der Waals surface area contributed by atoms with Crippen molar-refractivity contribution < 1.29 is 0 Å². The first-order chi connectivity index (χ1) is 5.11. The summed E-state index contributed by atoms with van der Waals surface area (Å²) in [5, 5.41) is 0.708. The van der Waals surface area contributed by atoms with Crippen LogP contribution in [0.25, 0.3) is 0 Å². The van der Waals surface area contributed by atoms with Crippen LogP contribution in [0.3, 0.4) is 0 Å². The zero-order valence-electron chi connectivity index (χ0n) is 6.14. The summed E-state index contributed by atoms with van der Waals surface area (Å²) in [6.45, 7) is 1.93. The summed E-state index contributed by atoms with van der Waals surface area (Å²) >= 11 is 9.16. The van der Waals surface area contributed by atoms with Crippen molar-refractivity contribution >= 4 is 27.5 Å². The van der Waals surface area contributed by atoms with Crippen LogP contribution < -0.4 is 5.73 Å². The second-order valence-corrected chi connectivity index (χ2v) is 3.72. The Morgan fingerprint density at radius 3 is 2.64 bits per heavy atom. The van der Waals surface area contributed by atoms with E-state index < -0.39 is 0 Å². The van der Waals surface area contributed by atoms with Gasteiger partial charge in [-0.25, -0.2) is 0 Å². The van der Waals surface area contributed by atoms with Gasteiger partial charge in [0.15, 0.2) is 0 Å². The average Bonchev–Trinajstić information content (AvgIpc) is 1.94. The van der Waals surface area contributed by atoms with Crippen LogP contribution in [0, 0.1) is 0 Å². The van der Waals surface area contributed by atoms with Crippen molar-refractivity contribution in [2.75, 3.05) is 0 Å². The molecule has 3 heteroatoms. The van der Waals surface area contributed by atoms with E-state index in [0.29, 0.717) is 5.02 Å². The highest BCUT2D eigenvalue weighted by molar-refractivity contribution is 9.10. The van der Waals surface area contributed by atoms with E-state index in [9.17, 15) is 0 Å². The molecular weight excluding hydrogens is 225 g/mol. The van der Waals surface area contributed by atoms with Crippen LogP contribution in [0.1, 0.15) is 18.5 Å². The summed E-state index contributed by atoms with van der Waals surface area (Å²) in [4.78, 5) is 0. The third-order valence-corrected chi connectivity index (χ3v) is 2.70. The Morgan fingerprint density at radius 1 is 1.55 bits per heavy atom. The first-order valence-corrected chi connectivity index (χ1v) is 4.49. The van der Waals surface area contributed by atoms with Crippen molar-refractivity contribution in [1.29, 1.82) is 0 Å². The fraction of sp³-hybridized carbons (Fsp3) is 0.250. The monoisotopic (exact) mass is 233 g/mol. The van der Waals surface area contributed by atoms with Gasteiger partial charge in [0.2, 0.25) is 0 Å². The highest BCUT2D eigenvalue weighted by Crippen LogP contribution is 2.24. The fourth-order valence-electron chi connectivity index (χ4n) is 0.796. The summed E-state index contributed by atoms with van der Waals surface area (Å²) in [5.41, 5.74) is 6.71. The fourth-order valence-corrected chi connectivity index (χ4v) is 1.23. The zero-order chi connectivity index (χ0) is 8.43. The number of nitrogens with two attached hydrogens (primary N) is 1. The predicted octanol–water partition coefficient (Wildman–Crippen LogP) is 3.12. The smallest absolute Gasteiger partial charge is 0.0551 e. The standard InChI is InChI=1S/C8H9BrClN/c1-5(11)6-2-3-7(9)8(10)4-6/h2-5H,11H2,1H3/t5-/m0/s1. The molecule has 0 aliphatic heterocycles. The van der Waals surface area contributed by atoms with Crippen LogP contribution in [0.2, 0.25) is 5.02 Å². The third-order valence-electron chi connectivity index (χ3n) is 1.47. The third kappa shape index (κ3) is 2.19. The Kier molecular flexibility index (Phi) is 2.93. The van der Waals surface area contributed by atoms with Crippen molar-refractivity contribution in [3.63, 3.8) is 0 Å². The SMILES string of the molecule is C[C@H](N)c1ccc(Br)c(Cl)c1. The number of hydrogen-bond donors (Lipinski definition) is 1. The Morgan fingerprint density at radius 2 is 2.18 bits per heavy atom.